The number of hydrogen-bond donors (Lipinski definition) is 1. The zero-order valence-electron chi connectivity index (χ0n) is 14.3. The van der Waals surface area contributed by atoms with Crippen LogP contribution in [0.2, 0.25) is 0 Å². The van der Waals surface area contributed by atoms with E-state index in [9.17, 15) is 14.9 Å². The molecular weight excluding hydrogens is 332 g/mol. The molecule has 1 amide bonds. The molecule has 26 heavy (non-hydrogen) atoms. The van der Waals surface area contributed by atoms with Gasteiger partial charge >= 0.3 is 5.69 Å². The number of hydrogen-bond acceptors (Lipinski definition) is 4. The summed E-state index contributed by atoms with van der Waals surface area (Å²) in [6, 6.07) is 17.6. The van der Waals surface area contributed by atoms with Gasteiger partial charge in [0, 0.05) is 12.1 Å². The van der Waals surface area contributed by atoms with E-state index in [0.29, 0.717) is 11.4 Å². The lowest BCUT2D eigenvalue weighted by atomic mass is 10.1. The lowest BCUT2D eigenvalue weighted by Gasteiger charge is -2.08. The standard InChI is InChI=1S/C19H18N4O3/c1-14-18(23(25)26)13-20-22(14)12-11-19(24)21-17-9-7-16(8-10-17)15-5-3-2-4-6-15/h2-10,13H,11-12H2,1H3,(H,21,24). The van der Waals surface area contributed by atoms with Crippen LogP contribution in [-0.2, 0) is 11.3 Å². The molecule has 0 atom stereocenters. The fourth-order valence-corrected chi connectivity index (χ4v) is 2.65. The Labute approximate surface area is 150 Å². The van der Waals surface area contributed by atoms with Crippen LogP contribution < -0.4 is 5.32 Å². The maximum Gasteiger partial charge on any atom is 0.309 e. The van der Waals surface area contributed by atoms with Gasteiger partial charge in [0.15, 0.2) is 0 Å². The summed E-state index contributed by atoms with van der Waals surface area (Å²) in [6.45, 7) is 1.90. The number of carbonyl (C=O) groups is 1. The summed E-state index contributed by atoms with van der Waals surface area (Å²) in [6.07, 6.45) is 1.38. The summed E-state index contributed by atoms with van der Waals surface area (Å²) in [5, 5.41) is 17.6. The lowest BCUT2D eigenvalue weighted by molar-refractivity contribution is -0.385. The molecule has 0 fully saturated rings. The highest BCUT2D eigenvalue weighted by Crippen LogP contribution is 2.21. The molecule has 1 aromatic heterocycles. The smallest absolute Gasteiger partial charge is 0.309 e. The third kappa shape index (κ3) is 3.94. The van der Waals surface area contributed by atoms with Crippen molar-refractivity contribution in [1.82, 2.24) is 9.78 Å². The molecule has 0 spiro atoms. The molecule has 7 heteroatoms. The number of nitrogens with zero attached hydrogens (tertiary/aromatic N) is 3. The molecule has 0 aliphatic rings. The number of amides is 1. The largest absolute Gasteiger partial charge is 0.326 e. The summed E-state index contributed by atoms with van der Waals surface area (Å²) in [7, 11) is 0. The molecule has 1 heterocycles. The highest BCUT2D eigenvalue weighted by atomic mass is 16.6. The second kappa shape index (κ2) is 7.60. The molecule has 0 saturated heterocycles. The number of nitrogens with one attached hydrogen (secondary N) is 1. The molecule has 0 bridgehead atoms. The first-order chi connectivity index (χ1) is 12.5. The van der Waals surface area contributed by atoms with Crippen molar-refractivity contribution in [3.63, 3.8) is 0 Å². The first-order valence-electron chi connectivity index (χ1n) is 8.17. The first kappa shape index (κ1) is 17.3. The number of benzene rings is 2. The van der Waals surface area contributed by atoms with Crippen molar-refractivity contribution in [3.8, 4) is 11.1 Å². The van der Waals surface area contributed by atoms with Gasteiger partial charge in [0.1, 0.15) is 11.9 Å². The van der Waals surface area contributed by atoms with Crippen LogP contribution in [0.3, 0.4) is 0 Å². The van der Waals surface area contributed by atoms with Crippen molar-refractivity contribution in [1.29, 1.82) is 0 Å². The number of rotatable bonds is 6. The van der Waals surface area contributed by atoms with Gasteiger partial charge in [0.05, 0.1) is 11.5 Å². The second-order valence-electron chi connectivity index (χ2n) is 5.84. The molecule has 0 aliphatic heterocycles. The van der Waals surface area contributed by atoms with E-state index in [1.165, 1.54) is 10.9 Å². The van der Waals surface area contributed by atoms with E-state index in [0.717, 1.165) is 11.1 Å². The Kier molecular flexibility index (Phi) is 5.07. The predicted molar refractivity (Wildman–Crippen MR) is 98.7 cm³/mol. The molecule has 1 N–H and O–H groups in total. The Morgan fingerprint density at radius 2 is 1.77 bits per heavy atom. The topological polar surface area (TPSA) is 90.1 Å². The monoisotopic (exact) mass is 350 g/mol. The Bertz CT molecular complexity index is 918. The fourth-order valence-electron chi connectivity index (χ4n) is 2.65. The molecule has 0 saturated carbocycles. The zero-order chi connectivity index (χ0) is 18.5. The third-order valence-electron chi connectivity index (χ3n) is 4.10. The van der Waals surface area contributed by atoms with Gasteiger partial charge in [0.25, 0.3) is 0 Å². The number of aryl methyl sites for hydroxylation is 1. The van der Waals surface area contributed by atoms with Gasteiger partial charge < -0.3 is 5.32 Å². The molecule has 0 unspecified atom stereocenters. The zero-order valence-corrected chi connectivity index (χ0v) is 14.3. The quantitative estimate of drug-likeness (QED) is 0.541. The van der Waals surface area contributed by atoms with Crippen molar-refractivity contribution in [2.24, 2.45) is 0 Å². The predicted octanol–water partition coefficient (Wildman–Crippen LogP) is 3.80. The highest BCUT2D eigenvalue weighted by Gasteiger charge is 2.16. The van der Waals surface area contributed by atoms with Crippen molar-refractivity contribution in [3.05, 3.63) is 76.6 Å². The SMILES string of the molecule is Cc1c([N+](=O)[O-])cnn1CCC(=O)Nc1ccc(-c2ccccc2)cc1. The highest BCUT2D eigenvalue weighted by molar-refractivity contribution is 5.90. The summed E-state index contributed by atoms with van der Waals surface area (Å²) < 4.78 is 1.47. The van der Waals surface area contributed by atoms with Crippen molar-refractivity contribution in [2.75, 3.05) is 5.32 Å². The molecule has 2 aromatic carbocycles. The fraction of sp³-hybridized carbons (Fsp3) is 0.158. The van der Waals surface area contributed by atoms with E-state index in [1.807, 2.05) is 54.6 Å². The van der Waals surface area contributed by atoms with E-state index in [4.69, 9.17) is 0 Å². The van der Waals surface area contributed by atoms with Crippen LogP contribution in [0, 0.1) is 17.0 Å². The summed E-state index contributed by atoms with van der Waals surface area (Å²) in [5.74, 6) is -0.171. The Morgan fingerprint density at radius 3 is 2.38 bits per heavy atom. The van der Waals surface area contributed by atoms with Crippen molar-refractivity contribution in [2.45, 2.75) is 19.9 Å². The van der Waals surface area contributed by atoms with Crippen molar-refractivity contribution >= 4 is 17.3 Å². The normalized spacial score (nSPS) is 10.5. The number of aromatic nitrogens is 2. The van der Waals surface area contributed by atoms with Gasteiger partial charge in [-0.3, -0.25) is 19.6 Å². The van der Waals surface area contributed by atoms with E-state index in [2.05, 4.69) is 10.4 Å². The van der Waals surface area contributed by atoms with Crippen LogP contribution >= 0.6 is 0 Å². The second-order valence-corrected chi connectivity index (χ2v) is 5.84. The van der Waals surface area contributed by atoms with E-state index >= 15 is 0 Å². The lowest BCUT2D eigenvalue weighted by Crippen LogP contribution is -2.15. The van der Waals surface area contributed by atoms with Gasteiger partial charge in [-0.15, -0.1) is 0 Å². The van der Waals surface area contributed by atoms with Gasteiger partial charge in [-0.1, -0.05) is 42.5 Å². The molecule has 0 radical (unpaired) electrons. The minimum Gasteiger partial charge on any atom is -0.326 e. The van der Waals surface area contributed by atoms with E-state index < -0.39 is 4.92 Å². The van der Waals surface area contributed by atoms with Crippen LogP contribution in [0.15, 0.2) is 60.8 Å². The van der Waals surface area contributed by atoms with Crippen LogP contribution in [0.1, 0.15) is 12.1 Å². The van der Waals surface area contributed by atoms with Crippen LogP contribution in [0.25, 0.3) is 11.1 Å². The Balaban J connectivity index is 1.57. The Morgan fingerprint density at radius 1 is 1.12 bits per heavy atom. The van der Waals surface area contributed by atoms with Crippen LogP contribution in [0.4, 0.5) is 11.4 Å². The molecule has 0 aliphatic carbocycles. The van der Waals surface area contributed by atoms with Crippen molar-refractivity contribution < 1.29 is 9.72 Å². The summed E-state index contributed by atoms with van der Waals surface area (Å²) in [5.41, 5.74) is 3.29. The molecule has 3 rings (SSSR count). The van der Waals surface area contributed by atoms with Gasteiger partial charge in [-0.05, 0) is 30.2 Å². The van der Waals surface area contributed by atoms with Crippen LogP contribution in [0.5, 0.6) is 0 Å². The van der Waals surface area contributed by atoms with Crippen LogP contribution in [-0.4, -0.2) is 20.6 Å². The average molecular weight is 350 g/mol. The minimum atomic E-state index is -0.479. The molecular formula is C19H18N4O3. The maximum absolute atomic E-state index is 12.1. The molecule has 3 aromatic rings. The van der Waals surface area contributed by atoms with E-state index in [-0.39, 0.29) is 24.6 Å². The maximum atomic E-state index is 12.1. The van der Waals surface area contributed by atoms with Gasteiger partial charge in [-0.2, -0.15) is 5.10 Å². The molecule has 132 valence electrons. The number of nitro groups is 1. The van der Waals surface area contributed by atoms with Gasteiger partial charge in [-0.25, -0.2) is 0 Å². The van der Waals surface area contributed by atoms with Gasteiger partial charge in [0.2, 0.25) is 5.91 Å². The minimum absolute atomic E-state index is 0.0399. The number of anilines is 1. The summed E-state index contributed by atoms with van der Waals surface area (Å²) in [4.78, 5) is 22.4. The van der Waals surface area contributed by atoms with E-state index in [1.54, 1.807) is 6.92 Å². The average Bonchev–Trinajstić information content (AvgIpc) is 3.02. The third-order valence-corrected chi connectivity index (χ3v) is 4.10. The molecule has 7 nitrogen and oxygen atoms in total. The Hall–Kier alpha value is -3.48. The first-order valence-corrected chi connectivity index (χ1v) is 8.17. The number of carbonyl (C=O) groups excluding carboxylic acids is 1. The summed E-state index contributed by atoms with van der Waals surface area (Å²) >= 11 is 0.